The molecule has 0 saturated heterocycles. The van der Waals surface area contributed by atoms with E-state index >= 15 is 0 Å². The summed E-state index contributed by atoms with van der Waals surface area (Å²) in [6.45, 7) is 0. The summed E-state index contributed by atoms with van der Waals surface area (Å²) in [6.07, 6.45) is 0.734. The SMILES string of the molecule is NNC(Cc1sccc1Br)c1c(Cl)cccc1Cl. The average Bonchev–Trinajstić information content (AvgIpc) is 2.73. The average molecular weight is 366 g/mol. The van der Waals surface area contributed by atoms with E-state index in [4.69, 9.17) is 29.0 Å². The minimum absolute atomic E-state index is 0.110. The molecule has 0 aliphatic rings. The van der Waals surface area contributed by atoms with Crippen molar-refractivity contribution in [1.29, 1.82) is 0 Å². The Hall–Kier alpha value is -0.100. The maximum absolute atomic E-state index is 6.19. The van der Waals surface area contributed by atoms with Crippen molar-refractivity contribution in [3.8, 4) is 0 Å². The Kier molecular flexibility index (Phi) is 5.06. The van der Waals surface area contributed by atoms with Crippen LogP contribution in [0.15, 0.2) is 34.1 Å². The molecule has 1 atom stereocenters. The van der Waals surface area contributed by atoms with E-state index in [1.54, 1.807) is 11.3 Å². The van der Waals surface area contributed by atoms with E-state index in [1.807, 2.05) is 29.6 Å². The fraction of sp³-hybridized carbons (Fsp3) is 0.167. The first-order valence-electron chi connectivity index (χ1n) is 5.25. The summed E-state index contributed by atoms with van der Waals surface area (Å²) in [7, 11) is 0. The van der Waals surface area contributed by atoms with E-state index in [0.717, 1.165) is 16.5 Å². The summed E-state index contributed by atoms with van der Waals surface area (Å²) in [5.74, 6) is 5.63. The van der Waals surface area contributed by atoms with Crippen molar-refractivity contribution in [2.75, 3.05) is 0 Å². The van der Waals surface area contributed by atoms with Crippen molar-refractivity contribution in [1.82, 2.24) is 5.43 Å². The summed E-state index contributed by atoms with van der Waals surface area (Å²) in [4.78, 5) is 1.20. The Morgan fingerprint density at radius 1 is 1.28 bits per heavy atom. The van der Waals surface area contributed by atoms with Gasteiger partial charge in [-0.2, -0.15) is 0 Å². The number of nitrogens with one attached hydrogen (secondary N) is 1. The predicted octanol–water partition coefficient (Wildman–Crippen LogP) is 4.56. The van der Waals surface area contributed by atoms with Gasteiger partial charge in [-0.3, -0.25) is 11.3 Å². The van der Waals surface area contributed by atoms with Crippen LogP contribution in [0.25, 0.3) is 0 Å². The number of halogens is 3. The molecule has 0 radical (unpaired) electrons. The number of rotatable bonds is 4. The molecule has 1 unspecified atom stereocenters. The van der Waals surface area contributed by atoms with Crippen molar-refractivity contribution >= 4 is 50.5 Å². The monoisotopic (exact) mass is 364 g/mol. The molecule has 0 bridgehead atoms. The molecule has 18 heavy (non-hydrogen) atoms. The molecule has 2 aromatic rings. The van der Waals surface area contributed by atoms with Crippen LogP contribution in [0.2, 0.25) is 10.0 Å². The molecular formula is C12H11BrCl2N2S. The van der Waals surface area contributed by atoms with Crippen LogP contribution in [0, 0.1) is 0 Å². The van der Waals surface area contributed by atoms with Gasteiger partial charge in [0.15, 0.2) is 0 Å². The Morgan fingerprint density at radius 2 is 1.94 bits per heavy atom. The zero-order chi connectivity index (χ0) is 13.1. The van der Waals surface area contributed by atoms with Crippen LogP contribution in [0.5, 0.6) is 0 Å². The molecule has 0 fully saturated rings. The Morgan fingerprint density at radius 3 is 2.44 bits per heavy atom. The molecule has 1 heterocycles. The second kappa shape index (κ2) is 6.37. The largest absolute Gasteiger partial charge is 0.271 e. The number of hydrogen-bond donors (Lipinski definition) is 2. The van der Waals surface area contributed by atoms with E-state index in [2.05, 4.69) is 21.4 Å². The lowest BCUT2D eigenvalue weighted by atomic mass is 10.0. The summed E-state index contributed by atoms with van der Waals surface area (Å²) >= 11 is 17.6. The zero-order valence-corrected chi connectivity index (χ0v) is 13.2. The third kappa shape index (κ3) is 3.07. The van der Waals surface area contributed by atoms with Crippen LogP contribution in [0.1, 0.15) is 16.5 Å². The molecule has 3 N–H and O–H groups in total. The van der Waals surface area contributed by atoms with E-state index in [-0.39, 0.29) is 6.04 Å². The standard InChI is InChI=1S/C12H11BrCl2N2S/c13-7-4-5-18-11(7)6-10(17-16)12-8(14)2-1-3-9(12)15/h1-5,10,17H,6,16H2. The third-order valence-corrected chi connectivity index (χ3v) is 5.24. The fourth-order valence-electron chi connectivity index (χ4n) is 1.74. The number of hydrogen-bond acceptors (Lipinski definition) is 3. The number of benzene rings is 1. The van der Waals surface area contributed by atoms with Gasteiger partial charge < -0.3 is 0 Å². The second-order valence-electron chi connectivity index (χ2n) is 3.75. The first-order valence-corrected chi connectivity index (χ1v) is 7.68. The first-order chi connectivity index (χ1) is 8.63. The first kappa shape index (κ1) is 14.3. The topological polar surface area (TPSA) is 38.0 Å². The van der Waals surface area contributed by atoms with Crippen molar-refractivity contribution < 1.29 is 0 Å². The van der Waals surface area contributed by atoms with Crippen molar-refractivity contribution in [3.63, 3.8) is 0 Å². The van der Waals surface area contributed by atoms with Crippen LogP contribution in [-0.2, 0) is 6.42 Å². The molecular weight excluding hydrogens is 355 g/mol. The van der Waals surface area contributed by atoms with Gasteiger partial charge in [0.1, 0.15) is 0 Å². The number of hydrazine groups is 1. The van der Waals surface area contributed by atoms with Gasteiger partial charge in [0.05, 0.1) is 6.04 Å². The van der Waals surface area contributed by atoms with Gasteiger partial charge >= 0.3 is 0 Å². The highest BCUT2D eigenvalue weighted by atomic mass is 79.9. The Bertz CT molecular complexity index is 524. The van der Waals surface area contributed by atoms with Gasteiger partial charge in [0, 0.05) is 31.4 Å². The van der Waals surface area contributed by atoms with Gasteiger partial charge in [-0.25, -0.2) is 0 Å². The third-order valence-electron chi connectivity index (χ3n) is 2.63. The molecule has 0 aliphatic carbocycles. The van der Waals surface area contributed by atoms with Crippen LogP contribution in [0.3, 0.4) is 0 Å². The normalized spacial score (nSPS) is 12.7. The van der Waals surface area contributed by atoms with Crippen LogP contribution in [-0.4, -0.2) is 0 Å². The molecule has 0 amide bonds. The maximum Gasteiger partial charge on any atom is 0.0538 e. The van der Waals surface area contributed by atoms with Crippen molar-refractivity contribution in [3.05, 3.63) is 54.6 Å². The van der Waals surface area contributed by atoms with Gasteiger partial charge in [-0.05, 0) is 39.5 Å². The highest BCUT2D eigenvalue weighted by Gasteiger charge is 2.18. The minimum atomic E-state index is -0.110. The summed E-state index contributed by atoms with van der Waals surface area (Å²) in [5.41, 5.74) is 3.62. The molecule has 0 aliphatic heterocycles. The predicted molar refractivity (Wildman–Crippen MR) is 82.2 cm³/mol. The van der Waals surface area contributed by atoms with Gasteiger partial charge in [0.2, 0.25) is 0 Å². The molecule has 1 aromatic heterocycles. The minimum Gasteiger partial charge on any atom is -0.271 e. The molecule has 6 heteroatoms. The summed E-state index contributed by atoms with van der Waals surface area (Å²) in [5, 5.41) is 3.28. The van der Waals surface area contributed by atoms with Crippen molar-refractivity contribution in [2.45, 2.75) is 12.5 Å². The quantitative estimate of drug-likeness (QED) is 0.615. The van der Waals surface area contributed by atoms with E-state index in [1.165, 1.54) is 4.88 Å². The van der Waals surface area contributed by atoms with Crippen LogP contribution in [0.4, 0.5) is 0 Å². The van der Waals surface area contributed by atoms with Crippen LogP contribution >= 0.6 is 50.5 Å². The number of nitrogens with two attached hydrogens (primary N) is 1. The summed E-state index contributed by atoms with van der Waals surface area (Å²) in [6, 6.07) is 7.36. The molecule has 0 saturated carbocycles. The van der Waals surface area contributed by atoms with Crippen LogP contribution < -0.4 is 11.3 Å². The van der Waals surface area contributed by atoms with Gasteiger partial charge in [-0.15, -0.1) is 11.3 Å². The number of thiophene rings is 1. The van der Waals surface area contributed by atoms with Gasteiger partial charge in [-0.1, -0.05) is 29.3 Å². The fourth-order valence-corrected chi connectivity index (χ4v) is 3.97. The lowest BCUT2D eigenvalue weighted by Crippen LogP contribution is -2.30. The molecule has 2 nitrogen and oxygen atoms in total. The molecule has 2 rings (SSSR count). The Labute approximate surface area is 128 Å². The van der Waals surface area contributed by atoms with Gasteiger partial charge in [0.25, 0.3) is 0 Å². The lowest BCUT2D eigenvalue weighted by Gasteiger charge is -2.18. The highest BCUT2D eigenvalue weighted by Crippen LogP contribution is 2.34. The summed E-state index contributed by atoms with van der Waals surface area (Å²) < 4.78 is 1.08. The highest BCUT2D eigenvalue weighted by molar-refractivity contribution is 9.10. The molecule has 1 aromatic carbocycles. The smallest absolute Gasteiger partial charge is 0.0538 e. The Balaban J connectivity index is 2.32. The molecule has 0 spiro atoms. The van der Waals surface area contributed by atoms with Crippen molar-refractivity contribution in [2.24, 2.45) is 5.84 Å². The second-order valence-corrected chi connectivity index (χ2v) is 6.42. The maximum atomic E-state index is 6.19. The molecule has 96 valence electrons. The van der Waals surface area contributed by atoms with E-state index in [9.17, 15) is 0 Å². The lowest BCUT2D eigenvalue weighted by molar-refractivity contribution is 0.555. The van der Waals surface area contributed by atoms with E-state index in [0.29, 0.717) is 10.0 Å². The van der Waals surface area contributed by atoms with E-state index < -0.39 is 0 Å². The zero-order valence-electron chi connectivity index (χ0n) is 9.29.